The van der Waals surface area contributed by atoms with Gasteiger partial charge in [0.1, 0.15) is 5.01 Å². The quantitative estimate of drug-likeness (QED) is 0.381. The van der Waals surface area contributed by atoms with E-state index in [2.05, 4.69) is 27.5 Å². The lowest BCUT2D eigenvalue weighted by atomic mass is 10.2. The Bertz CT molecular complexity index is 1290. The van der Waals surface area contributed by atoms with Crippen LogP contribution in [0, 0.1) is 20.8 Å². The zero-order chi connectivity index (χ0) is 24.1. The molecule has 0 radical (unpaired) electrons. The van der Waals surface area contributed by atoms with Crippen molar-refractivity contribution in [1.29, 1.82) is 0 Å². The predicted molar refractivity (Wildman–Crippen MR) is 132 cm³/mol. The van der Waals surface area contributed by atoms with Crippen LogP contribution < -0.4 is 5.32 Å². The van der Waals surface area contributed by atoms with Gasteiger partial charge < -0.3 is 10.1 Å². The first-order chi connectivity index (χ1) is 16.4. The summed E-state index contributed by atoms with van der Waals surface area (Å²) in [6.07, 6.45) is 0. The van der Waals surface area contributed by atoms with E-state index in [-0.39, 0.29) is 18.2 Å². The molecule has 0 saturated carbocycles. The summed E-state index contributed by atoms with van der Waals surface area (Å²) in [5.41, 5.74) is 6.25. The monoisotopic (exact) mass is 474 g/mol. The van der Waals surface area contributed by atoms with Gasteiger partial charge in [0.2, 0.25) is 0 Å². The van der Waals surface area contributed by atoms with Crippen LogP contribution in [0.4, 0.5) is 0 Å². The summed E-state index contributed by atoms with van der Waals surface area (Å²) in [5, 5.41) is 9.79. The number of hydrogen-bond acceptors (Lipinski definition) is 6. The van der Waals surface area contributed by atoms with Crippen LogP contribution in [0.2, 0.25) is 0 Å². The fourth-order valence-corrected chi connectivity index (χ4v) is 4.33. The molecule has 4 aromatic rings. The zero-order valence-corrected chi connectivity index (χ0v) is 20.2. The van der Waals surface area contributed by atoms with Gasteiger partial charge >= 0.3 is 5.97 Å². The Labute approximate surface area is 202 Å². The molecule has 2 heterocycles. The van der Waals surface area contributed by atoms with Crippen LogP contribution in [0.1, 0.15) is 38.6 Å². The van der Waals surface area contributed by atoms with Crippen molar-refractivity contribution in [2.45, 2.75) is 33.9 Å². The Morgan fingerprint density at radius 3 is 2.50 bits per heavy atom. The number of carbonyl (C=O) groups excluding carboxylic acids is 2. The molecule has 1 amide bonds. The van der Waals surface area contributed by atoms with Crippen molar-refractivity contribution in [2.24, 2.45) is 0 Å². The van der Waals surface area contributed by atoms with E-state index < -0.39 is 5.97 Å². The average molecular weight is 475 g/mol. The molecule has 174 valence electrons. The second-order valence-electron chi connectivity index (χ2n) is 8.05. The van der Waals surface area contributed by atoms with Crippen molar-refractivity contribution in [2.75, 3.05) is 6.61 Å². The molecule has 0 fully saturated rings. The van der Waals surface area contributed by atoms with Gasteiger partial charge in [-0.2, -0.15) is 5.10 Å². The molecule has 7 nitrogen and oxygen atoms in total. The normalized spacial score (nSPS) is 10.8. The van der Waals surface area contributed by atoms with Crippen molar-refractivity contribution >= 4 is 23.2 Å². The Morgan fingerprint density at radius 2 is 1.76 bits per heavy atom. The number of benzene rings is 2. The highest BCUT2D eigenvalue weighted by Gasteiger charge is 2.16. The molecule has 34 heavy (non-hydrogen) atoms. The fraction of sp³-hybridized carbons (Fsp3) is 0.231. The minimum absolute atomic E-state index is 0.197. The summed E-state index contributed by atoms with van der Waals surface area (Å²) in [5.74, 6) is -0.996. The number of aryl methyl sites for hydroxylation is 2. The third-order valence-corrected chi connectivity index (χ3v) is 6.41. The van der Waals surface area contributed by atoms with Crippen molar-refractivity contribution in [3.05, 3.63) is 93.7 Å². The largest absolute Gasteiger partial charge is 0.451 e. The van der Waals surface area contributed by atoms with E-state index in [9.17, 15) is 9.59 Å². The topological polar surface area (TPSA) is 86.1 Å². The molecule has 0 aliphatic carbocycles. The smallest absolute Gasteiger partial charge is 0.358 e. The molecule has 0 aliphatic rings. The van der Waals surface area contributed by atoms with E-state index in [1.54, 1.807) is 5.38 Å². The molecule has 0 saturated heterocycles. The second kappa shape index (κ2) is 10.4. The van der Waals surface area contributed by atoms with E-state index in [4.69, 9.17) is 4.74 Å². The molecule has 0 bridgehead atoms. The van der Waals surface area contributed by atoms with Gasteiger partial charge in [-0.15, -0.1) is 11.3 Å². The summed E-state index contributed by atoms with van der Waals surface area (Å²) in [6.45, 7) is 6.53. The molecular formula is C26H26N4O3S. The van der Waals surface area contributed by atoms with Crippen LogP contribution in [-0.2, 0) is 22.6 Å². The van der Waals surface area contributed by atoms with E-state index in [0.717, 1.165) is 38.6 Å². The van der Waals surface area contributed by atoms with Gasteiger partial charge in [-0.3, -0.25) is 9.48 Å². The molecule has 2 aromatic heterocycles. The van der Waals surface area contributed by atoms with E-state index >= 15 is 0 Å². The third kappa shape index (κ3) is 5.58. The number of rotatable bonds is 8. The highest BCUT2D eigenvalue weighted by Crippen LogP contribution is 2.24. The summed E-state index contributed by atoms with van der Waals surface area (Å²) < 4.78 is 7.09. The van der Waals surface area contributed by atoms with Crippen LogP contribution >= 0.6 is 11.3 Å². The van der Waals surface area contributed by atoms with E-state index in [1.807, 2.05) is 67.9 Å². The van der Waals surface area contributed by atoms with Crippen LogP contribution in [0.15, 0.2) is 60.0 Å². The minimum atomic E-state index is -0.618. The molecule has 1 N–H and O–H groups in total. The van der Waals surface area contributed by atoms with Gasteiger partial charge in [-0.1, -0.05) is 60.2 Å². The number of aromatic nitrogens is 3. The number of ether oxygens (including phenoxy) is 1. The molecule has 0 aliphatic heterocycles. The number of hydrogen-bond donors (Lipinski definition) is 1. The van der Waals surface area contributed by atoms with Gasteiger partial charge in [0, 0.05) is 28.7 Å². The van der Waals surface area contributed by atoms with Gasteiger partial charge in [0.05, 0.1) is 12.2 Å². The standard InChI is InChI=1S/C26H26N4O3S/c1-17-9-11-21(12-10-17)25-28-23(16-34-25)26(32)33-15-24(31)27-13-22-18(2)29-30(19(22)3)14-20-7-5-4-6-8-20/h4-12,16H,13-15H2,1-3H3,(H,27,31). The third-order valence-electron chi connectivity index (χ3n) is 5.52. The Hall–Kier alpha value is -3.78. The molecule has 0 atom stereocenters. The maximum atomic E-state index is 12.3. The van der Waals surface area contributed by atoms with Crippen LogP contribution in [0.5, 0.6) is 0 Å². The maximum absolute atomic E-state index is 12.3. The lowest BCUT2D eigenvalue weighted by molar-refractivity contribution is -0.124. The SMILES string of the molecule is Cc1ccc(-c2nc(C(=O)OCC(=O)NCc3c(C)nn(Cc4ccccc4)c3C)cs2)cc1. The van der Waals surface area contributed by atoms with Gasteiger partial charge in [-0.05, 0) is 26.3 Å². The minimum Gasteiger partial charge on any atom is -0.451 e. The Morgan fingerprint density at radius 1 is 1.03 bits per heavy atom. The van der Waals surface area contributed by atoms with Gasteiger partial charge in [0.25, 0.3) is 5.91 Å². The summed E-state index contributed by atoms with van der Waals surface area (Å²) in [4.78, 5) is 29.0. The lowest BCUT2D eigenvalue weighted by Crippen LogP contribution is -2.28. The first kappa shape index (κ1) is 23.4. The fourth-order valence-electron chi connectivity index (χ4n) is 3.54. The van der Waals surface area contributed by atoms with Crippen LogP contribution in [0.3, 0.4) is 0 Å². The summed E-state index contributed by atoms with van der Waals surface area (Å²) >= 11 is 1.36. The predicted octanol–water partition coefficient (Wildman–Crippen LogP) is 4.45. The highest BCUT2D eigenvalue weighted by molar-refractivity contribution is 7.13. The Balaban J connectivity index is 1.29. The number of thiazole rings is 1. The number of esters is 1. The molecule has 0 spiro atoms. The zero-order valence-electron chi connectivity index (χ0n) is 19.4. The molecular weight excluding hydrogens is 448 g/mol. The molecule has 4 rings (SSSR count). The average Bonchev–Trinajstić information content (AvgIpc) is 3.43. The number of nitrogens with one attached hydrogen (secondary N) is 1. The lowest BCUT2D eigenvalue weighted by Gasteiger charge is -2.08. The molecule has 8 heteroatoms. The van der Waals surface area contributed by atoms with Crippen LogP contribution in [-0.4, -0.2) is 33.2 Å². The number of amides is 1. The Kier molecular flexibility index (Phi) is 7.18. The van der Waals surface area contributed by atoms with Crippen molar-refractivity contribution in [3.63, 3.8) is 0 Å². The number of nitrogens with zero attached hydrogens (tertiary/aromatic N) is 3. The van der Waals surface area contributed by atoms with Crippen molar-refractivity contribution < 1.29 is 14.3 Å². The molecule has 2 aromatic carbocycles. The first-order valence-electron chi connectivity index (χ1n) is 10.9. The maximum Gasteiger partial charge on any atom is 0.358 e. The summed E-state index contributed by atoms with van der Waals surface area (Å²) in [7, 11) is 0. The van der Waals surface area contributed by atoms with Gasteiger partial charge in [-0.25, -0.2) is 9.78 Å². The van der Waals surface area contributed by atoms with Gasteiger partial charge in [0.15, 0.2) is 12.3 Å². The molecule has 0 unspecified atom stereocenters. The van der Waals surface area contributed by atoms with Crippen LogP contribution in [0.25, 0.3) is 10.6 Å². The van der Waals surface area contributed by atoms with Crippen molar-refractivity contribution in [3.8, 4) is 10.6 Å². The first-order valence-corrected chi connectivity index (χ1v) is 11.8. The second-order valence-corrected chi connectivity index (χ2v) is 8.91. The number of carbonyl (C=O) groups is 2. The highest BCUT2D eigenvalue weighted by atomic mass is 32.1. The van der Waals surface area contributed by atoms with Crippen molar-refractivity contribution in [1.82, 2.24) is 20.1 Å². The van der Waals surface area contributed by atoms with E-state index in [1.165, 1.54) is 11.3 Å². The summed E-state index contributed by atoms with van der Waals surface area (Å²) in [6, 6.07) is 18.0. The van der Waals surface area contributed by atoms with E-state index in [0.29, 0.717) is 13.1 Å².